The third-order valence-corrected chi connectivity index (χ3v) is 5.53. The molecule has 1 aliphatic carbocycles. The Hall–Kier alpha value is -2.41. The van der Waals surface area contributed by atoms with E-state index in [1.807, 2.05) is 14.0 Å². The van der Waals surface area contributed by atoms with E-state index in [0.29, 0.717) is 17.2 Å². The fraction of sp³-hybridized carbons (Fsp3) is 0.389. The Labute approximate surface area is 150 Å². The van der Waals surface area contributed by atoms with E-state index < -0.39 is 0 Å². The average Bonchev–Trinajstić information content (AvgIpc) is 3.22. The molecule has 2 heterocycles. The minimum Gasteiger partial charge on any atom is -0.462 e. The molecule has 2 aromatic rings. The molecule has 0 aromatic carbocycles. The molecule has 1 aliphatic rings. The van der Waals surface area contributed by atoms with Crippen molar-refractivity contribution in [2.75, 3.05) is 11.9 Å². The van der Waals surface area contributed by atoms with E-state index in [2.05, 4.69) is 10.4 Å². The van der Waals surface area contributed by atoms with Crippen LogP contribution in [-0.2, 0) is 29.4 Å². The van der Waals surface area contributed by atoms with Crippen LogP contribution in [-0.4, -0.2) is 28.3 Å². The molecule has 0 bridgehead atoms. The molecule has 0 aliphatic heterocycles. The molecule has 0 fully saturated rings. The van der Waals surface area contributed by atoms with Crippen molar-refractivity contribution < 1.29 is 14.3 Å². The molecule has 0 radical (unpaired) electrons. The summed E-state index contributed by atoms with van der Waals surface area (Å²) in [5.74, 6) is -0.627. The highest BCUT2D eigenvalue weighted by Gasteiger charge is 2.28. The minimum atomic E-state index is -0.357. The molecular weight excluding hydrogens is 338 g/mol. The maximum atomic E-state index is 12.3. The number of aromatic nitrogens is 2. The number of nitrogens with one attached hydrogen (secondary N) is 1. The molecule has 132 valence electrons. The molecular formula is C18H21N3O3S. The van der Waals surface area contributed by atoms with Gasteiger partial charge in [0.25, 0.3) is 0 Å². The zero-order chi connectivity index (χ0) is 18.0. The van der Waals surface area contributed by atoms with Gasteiger partial charge in [-0.25, -0.2) is 4.79 Å². The molecule has 25 heavy (non-hydrogen) atoms. The van der Waals surface area contributed by atoms with Gasteiger partial charge in [-0.2, -0.15) is 5.10 Å². The Balaban J connectivity index is 1.79. The SMILES string of the molecule is CCOC(=O)c1c(NC(=O)/C=C\c2cnn(C)c2C)sc2c1CCC2. The summed E-state index contributed by atoms with van der Waals surface area (Å²) in [4.78, 5) is 25.8. The predicted octanol–water partition coefficient (Wildman–Crippen LogP) is 3.11. The van der Waals surface area contributed by atoms with Gasteiger partial charge in [0, 0.05) is 29.3 Å². The Morgan fingerprint density at radius 3 is 2.92 bits per heavy atom. The van der Waals surface area contributed by atoms with Crippen molar-refractivity contribution in [3.8, 4) is 0 Å². The summed E-state index contributed by atoms with van der Waals surface area (Å²) < 4.78 is 6.92. The normalized spacial score (nSPS) is 13.2. The molecule has 0 saturated heterocycles. The van der Waals surface area contributed by atoms with Crippen LogP contribution in [0.5, 0.6) is 0 Å². The van der Waals surface area contributed by atoms with Crippen molar-refractivity contribution in [3.05, 3.63) is 39.5 Å². The van der Waals surface area contributed by atoms with Crippen LogP contribution in [0.25, 0.3) is 6.08 Å². The summed E-state index contributed by atoms with van der Waals surface area (Å²) in [7, 11) is 1.85. The Morgan fingerprint density at radius 1 is 1.44 bits per heavy atom. The Bertz CT molecular complexity index is 848. The fourth-order valence-corrected chi connectivity index (χ4v) is 4.19. The van der Waals surface area contributed by atoms with Crippen LogP contribution in [0, 0.1) is 6.92 Å². The van der Waals surface area contributed by atoms with E-state index in [-0.39, 0.29) is 11.9 Å². The van der Waals surface area contributed by atoms with Gasteiger partial charge in [0.15, 0.2) is 0 Å². The number of hydrogen-bond acceptors (Lipinski definition) is 5. The standard InChI is InChI=1S/C18H21N3O3S/c1-4-24-18(23)16-13-6-5-7-14(13)25-17(16)20-15(22)9-8-12-10-19-21(3)11(12)2/h8-10H,4-7H2,1-3H3,(H,20,22)/b9-8-. The number of ether oxygens (including phenoxy) is 1. The molecule has 0 saturated carbocycles. The van der Waals surface area contributed by atoms with Crippen molar-refractivity contribution in [2.24, 2.45) is 7.05 Å². The number of fused-ring (bicyclic) bond motifs is 1. The highest BCUT2D eigenvalue weighted by atomic mass is 32.1. The monoisotopic (exact) mass is 359 g/mol. The number of carbonyl (C=O) groups excluding carboxylic acids is 2. The van der Waals surface area contributed by atoms with Crippen molar-refractivity contribution >= 4 is 34.3 Å². The van der Waals surface area contributed by atoms with Crippen LogP contribution in [0.4, 0.5) is 5.00 Å². The molecule has 1 amide bonds. The van der Waals surface area contributed by atoms with E-state index in [1.165, 1.54) is 22.3 Å². The Kier molecular flexibility index (Phi) is 5.03. The maximum Gasteiger partial charge on any atom is 0.341 e. The highest BCUT2D eigenvalue weighted by Crippen LogP contribution is 2.39. The molecule has 6 nitrogen and oxygen atoms in total. The number of rotatable bonds is 5. The number of aryl methyl sites for hydroxylation is 2. The van der Waals surface area contributed by atoms with Gasteiger partial charge < -0.3 is 10.1 Å². The third kappa shape index (κ3) is 3.51. The van der Waals surface area contributed by atoms with E-state index in [0.717, 1.165) is 36.1 Å². The van der Waals surface area contributed by atoms with Crippen LogP contribution in [0.3, 0.4) is 0 Å². The van der Waals surface area contributed by atoms with Crippen LogP contribution < -0.4 is 5.32 Å². The number of nitrogens with zero attached hydrogens (tertiary/aromatic N) is 2. The number of hydrogen-bond donors (Lipinski definition) is 1. The van der Waals surface area contributed by atoms with Crippen LogP contribution in [0.15, 0.2) is 12.3 Å². The lowest BCUT2D eigenvalue weighted by Crippen LogP contribution is -2.13. The highest BCUT2D eigenvalue weighted by molar-refractivity contribution is 7.17. The first-order valence-electron chi connectivity index (χ1n) is 8.30. The second-order valence-corrected chi connectivity index (χ2v) is 7.02. The summed E-state index contributed by atoms with van der Waals surface area (Å²) in [6, 6.07) is 0. The molecule has 1 N–H and O–H groups in total. The van der Waals surface area contributed by atoms with Gasteiger partial charge in [0.1, 0.15) is 5.00 Å². The second kappa shape index (κ2) is 7.23. The summed E-state index contributed by atoms with van der Waals surface area (Å²) in [6.07, 6.45) is 7.76. The lowest BCUT2D eigenvalue weighted by atomic mass is 10.1. The number of thiophene rings is 1. The molecule has 0 unspecified atom stereocenters. The van der Waals surface area contributed by atoms with Crippen molar-refractivity contribution in [1.82, 2.24) is 9.78 Å². The largest absolute Gasteiger partial charge is 0.462 e. The third-order valence-electron chi connectivity index (χ3n) is 4.33. The number of carbonyl (C=O) groups is 2. The molecule has 0 atom stereocenters. The number of esters is 1. The van der Waals surface area contributed by atoms with Crippen molar-refractivity contribution in [3.63, 3.8) is 0 Å². The van der Waals surface area contributed by atoms with Crippen LogP contribution >= 0.6 is 11.3 Å². The lowest BCUT2D eigenvalue weighted by molar-refractivity contribution is -0.111. The topological polar surface area (TPSA) is 73.2 Å². The average molecular weight is 359 g/mol. The summed E-state index contributed by atoms with van der Waals surface area (Å²) in [6.45, 7) is 4.03. The maximum absolute atomic E-state index is 12.3. The van der Waals surface area contributed by atoms with Crippen molar-refractivity contribution in [2.45, 2.75) is 33.1 Å². The zero-order valence-corrected chi connectivity index (χ0v) is 15.4. The van der Waals surface area contributed by atoms with Gasteiger partial charge in [-0.05, 0) is 44.7 Å². The van der Waals surface area contributed by atoms with Crippen LogP contribution in [0.1, 0.15) is 45.4 Å². The summed E-state index contributed by atoms with van der Waals surface area (Å²) in [5.41, 5.74) is 3.42. The van der Waals surface area contributed by atoms with Gasteiger partial charge in [-0.1, -0.05) is 0 Å². The lowest BCUT2D eigenvalue weighted by Gasteiger charge is -2.06. The first-order valence-corrected chi connectivity index (χ1v) is 9.12. The van der Waals surface area contributed by atoms with E-state index >= 15 is 0 Å². The second-order valence-electron chi connectivity index (χ2n) is 5.91. The smallest absolute Gasteiger partial charge is 0.341 e. The fourth-order valence-electron chi connectivity index (χ4n) is 2.91. The van der Waals surface area contributed by atoms with Gasteiger partial charge >= 0.3 is 5.97 Å². The minimum absolute atomic E-state index is 0.270. The first kappa shape index (κ1) is 17.4. The van der Waals surface area contributed by atoms with Gasteiger partial charge in [0.05, 0.1) is 18.4 Å². The van der Waals surface area contributed by atoms with Gasteiger partial charge in [0.2, 0.25) is 5.91 Å². The molecule has 3 rings (SSSR count). The predicted molar refractivity (Wildman–Crippen MR) is 97.9 cm³/mol. The number of anilines is 1. The molecule has 2 aromatic heterocycles. The van der Waals surface area contributed by atoms with Crippen LogP contribution in [0.2, 0.25) is 0 Å². The number of amides is 1. The van der Waals surface area contributed by atoms with Crippen molar-refractivity contribution in [1.29, 1.82) is 0 Å². The Morgan fingerprint density at radius 2 is 2.24 bits per heavy atom. The van der Waals surface area contributed by atoms with E-state index in [1.54, 1.807) is 23.9 Å². The molecule has 7 heteroatoms. The van der Waals surface area contributed by atoms with E-state index in [9.17, 15) is 9.59 Å². The van der Waals surface area contributed by atoms with E-state index in [4.69, 9.17) is 4.74 Å². The van der Waals surface area contributed by atoms with Gasteiger partial charge in [-0.15, -0.1) is 11.3 Å². The molecule has 0 spiro atoms. The quantitative estimate of drug-likeness (QED) is 0.658. The zero-order valence-electron chi connectivity index (χ0n) is 14.6. The first-order chi connectivity index (χ1) is 12.0. The summed E-state index contributed by atoms with van der Waals surface area (Å²) in [5, 5.41) is 7.57. The van der Waals surface area contributed by atoms with Gasteiger partial charge in [-0.3, -0.25) is 9.48 Å². The summed E-state index contributed by atoms with van der Waals surface area (Å²) >= 11 is 1.48.